The third-order valence-corrected chi connectivity index (χ3v) is 1.25. The van der Waals surface area contributed by atoms with Gasteiger partial charge >= 0.3 is 6.03 Å². The van der Waals surface area contributed by atoms with E-state index in [1.54, 1.807) is 13.0 Å². The van der Waals surface area contributed by atoms with Gasteiger partial charge in [0.25, 0.3) is 0 Å². The Bertz CT molecular complexity index is 198. The predicted octanol–water partition coefficient (Wildman–Crippen LogP) is -0.0244. The number of hydrogen-bond donors (Lipinski definition) is 2. The summed E-state index contributed by atoms with van der Waals surface area (Å²) in [5.74, 6) is -0.509. The Kier molecular flexibility index (Phi) is 1.71. The lowest BCUT2D eigenvalue weighted by molar-refractivity contribution is -0.121. The lowest BCUT2D eigenvalue weighted by Gasteiger charge is -2.00. The minimum atomic E-state index is -0.467. The number of carbonyl (C=O) groups is 2. The molecule has 0 fully saturated rings. The molecule has 3 amide bonds. The van der Waals surface area contributed by atoms with E-state index in [0.29, 0.717) is 0 Å². The van der Waals surface area contributed by atoms with Crippen molar-refractivity contribution >= 4 is 11.9 Å². The van der Waals surface area contributed by atoms with Crippen molar-refractivity contribution in [1.82, 2.24) is 10.6 Å². The first-order chi connectivity index (χ1) is 4.70. The van der Waals surface area contributed by atoms with Crippen LogP contribution in [0.3, 0.4) is 0 Å². The summed E-state index contributed by atoms with van der Waals surface area (Å²) in [7, 11) is 0. The van der Waals surface area contributed by atoms with Gasteiger partial charge in [0.15, 0.2) is 0 Å². The molecule has 4 nitrogen and oxygen atoms in total. The van der Waals surface area contributed by atoms with E-state index in [1.165, 1.54) is 6.20 Å². The number of amides is 3. The summed E-state index contributed by atoms with van der Waals surface area (Å²) in [6.45, 7) is 1.71. The maximum Gasteiger partial charge on any atom is 0.325 e. The van der Waals surface area contributed by atoms with Gasteiger partial charge in [-0.25, -0.2) is 4.79 Å². The zero-order chi connectivity index (χ0) is 7.56. The van der Waals surface area contributed by atoms with Crippen molar-refractivity contribution in [1.29, 1.82) is 0 Å². The molecule has 0 saturated heterocycles. The van der Waals surface area contributed by atoms with Gasteiger partial charge < -0.3 is 5.32 Å². The van der Waals surface area contributed by atoms with Crippen molar-refractivity contribution in [3.8, 4) is 0 Å². The highest BCUT2D eigenvalue weighted by Gasteiger charge is 2.14. The summed E-state index contributed by atoms with van der Waals surface area (Å²) in [6, 6.07) is -0.467. The zero-order valence-electron chi connectivity index (χ0n) is 5.55. The normalized spacial score (nSPS) is 25.1. The fourth-order valence-electron chi connectivity index (χ4n) is 0.617. The van der Waals surface area contributed by atoms with Crippen LogP contribution >= 0.6 is 0 Å². The van der Waals surface area contributed by atoms with Gasteiger partial charge in [0, 0.05) is 6.20 Å². The quantitative estimate of drug-likeness (QED) is 0.496. The van der Waals surface area contributed by atoms with Crippen LogP contribution in [0.4, 0.5) is 4.79 Å². The van der Waals surface area contributed by atoms with Crippen LogP contribution in [-0.4, -0.2) is 11.9 Å². The molecule has 1 aliphatic rings. The predicted molar refractivity (Wildman–Crippen MR) is 35.0 cm³/mol. The van der Waals surface area contributed by atoms with E-state index in [-0.39, 0.29) is 11.8 Å². The number of nitrogens with one attached hydrogen (secondary N) is 2. The number of urea groups is 1. The molecule has 0 aliphatic carbocycles. The third kappa shape index (κ3) is 1.34. The number of rotatable bonds is 0. The Morgan fingerprint density at radius 2 is 2.20 bits per heavy atom. The van der Waals surface area contributed by atoms with Crippen LogP contribution in [0.1, 0.15) is 6.92 Å². The summed E-state index contributed by atoms with van der Waals surface area (Å²) in [6.07, 6.45) is 3.09. The van der Waals surface area contributed by atoms with Crippen molar-refractivity contribution in [2.24, 2.45) is 5.92 Å². The number of imide groups is 1. The van der Waals surface area contributed by atoms with Crippen LogP contribution in [0.2, 0.25) is 0 Å². The number of carbonyl (C=O) groups excluding carboxylic acids is 2. The van der Waals surface area contributed by atoms with Crippen LogP contribution in [0.15, 0.2) is 12.3 Å². The van der Waals surface area contributed by atoms with Crippen molar-refractivity contribution in [2.75, 3.05) is 0 Å². The van der Waals surface area contributed by atoms with Gasteiger partial charge in [0.05, 0.1) is 5.92 Å². The molecule has 0 aromatic carbocycles. The van der Waals surface area contributed by atoms with E-state index in [2.05, 4.69) is 10.6 Å². The average molecular weight is 140 g/mol. The highest BCUT2D eigenvalue weighted by atomic mass is 16.2. The molecule has 0 saturated carbocycles. The molecule has 0 aromatic heterocycles. The van der Waals surface area contributed by atoms with Gasteiger partial charge in [-0.15, -0.1) is 0 Å². The first-order valence-corrected chi connectivity index (χ1v) is 2.98. The van der Waals surface area contributed by atoms with E-state index in [9.17, 15) is 9.59 Å². The topological polar surface area (TPSA) is 58.2 Å². The average Bonchev–Trinajstić information content (AvgIpc) is 1.96. The lowest BCUT2D eigenvalue weighted by Crippen LogP contribution is -2.36. The summed E-state index contributed by atoms with van der Waals surface area (Å²) >= 11 is 0. The van der Waals surface area contributed by atoms with Crippen molar-refractivity contribution in [2.45, 2.75) is 6.92 Å². The summed E-state index contributed by atoms with van der Waals surface area (Å²) < 4.78 is 0. The second-order valence-corrected chi connectivity index (χ2v) is 2.11. The summed E-state index contributed by atoms with van der Waals surface area (Å²) in [5, 5.41) is 4.49. The lowest BCUT2D eigenvalue weighted by atomic mass is 10.2. The monoisotopic (exact) mass is 140 g/mol. The van der Waals surface area contributed by atoms with Crippen LogP contribution in [-0.2, 0) is 4.79 Å². The van der Waals surface area contributed by atoms with E-state index >= 15 is 0 Å². The summed E-state index contributed by atoms with van der Waals surface area (Å²) in [4.78, 5) is 21.3. The van der Waals surface area contributed by atoms with Gasteiger partial charge in [0.1, 0.15) is 0 Å². The van der Waals surface area contributed by atoms with E-state index < -0.39 is 6.03 Å². The molecule has 54 valence electrons. The highest BCUT2D eigenvalue weighted by Crippen LogP contribution is 1.97. The zero-order valence-corrected chi connectivity index (χ0v) is 5.55. The molecule has 0 spiro atoms. The first-order valence-electron chi connectivity index (χ1n) is 2.98. The molecule has 0 radical (unpaired) electrons. The number of hydrogen-bond acceptors (Lipinski definition) is 2. The fraction of sp³-hybridized carbons (Fsp3) is 0.333. The molecule has 1 aliphatic heterocycles. The molecule has 1 atom stereocenters. The minimum absolute atomic E-state index is 0.237. The van der Waals surface area contributed by atoms with Crippen LogP contribution < -0.4 is 10.6 Å². The Hall–Kier alpha value is -1.32. The molecule has 0 bridgehead atoms. The molecule has 0 aromatic rings. The molecule has 4 heteroatoms. The van der Waals surface area contributed by atoms with Crippen LogP contribution in [0.25, 0.3) is 0 Å². The Morgan fingerprint density at radius 1 is 1.50 bits per heavy atom. The molecule has 1 unspecified atom stereocenters. The minimum Gasteiger partial charge on any atom is -0.315 e. The van der Waals surface area contributed by atoms with Gasteiger partial charge in [-0.05, 0) is 0 Å². The third-order valence-electron chi connectivity index (χ3n) is 1.25. The highest BCUT2D eigenvalue weighted by molar-refractivity contribution is 5.97. The van der Waals surface area contributed by atoms with Crippen molar-refractivity contribution in [3.05, 3.63) is 12.3 Å². The van der Waals surface area contributed by atoms with E-state index in [1.807, 2.05) is 0 Å². The molecule has 1 rings (SSSR count). The van der Waals surface area contributed by atoms with Crippen molar-refractivity contribution in [3.63, 3.8) is 0 Å². The van der Waals surface area contributed by atoms with Gasteiger partial charge in [-0.3, -0.25) is 10.1 Å². The Labute approximate surface area is 58.3 Å². The standard InChI is InChI=1S/C6H8N2O2/c1-4-2-3-7-6(10)8-5(4)9/h2-4H,1H3,(H2,7,8,9,10). The van der Waals surface area contributed by atoms with Gasteiger partial charge in [-0.1, -0.05) is 13.0 Å². The van der Waals surface area contributed by atoms with Crippen LogP contribution in [0, 0.1) is 5.92 Å². The molecular weight excluding hydrogens is 132 g/mol. The van der Waals surface area contributed by atoms with E-state index in [0.717, 1.165) is 0 Å². The van der Waals surface area contributed by atoms with E-state index in [4.69, 9.17) is 0 Å². The smallest absolute Gasteiger partial charge is 0.315 e. The molecule has 10 heavy (non-hydrogen) atoms. The second kappa shape index (κ2) is 2.51. The molecular formula is C6H8N2O2. The second-order valence-electron chi connectivity index (χ2n) is 2.11. The molecule has 2 N–H and O–H groups in total. The van der Waals surface area contributed by atoms with Crippen molar-refractivity contribution < 1.29 is 9.59 Å². The fourth-order valence-corrected chi connectivity index (χ4v) is 0.617. The maximum absolute atomic E-state index is 10.8. The molecule has 1 heterocycles. The first kappa shape index (κ1) is 6.80. The maximum atomic E-state index is 10.8. The van der Waals surface area contributed by atoms with Gasteiger partial charge in [0.2, 0.25) is 5.91 Å². The SMILES string of the molecule is CC1C=CNC(=O)NC1=O. The summed E-state index contributed by atoms with van der Waals surface area (Å²) in [5.41, 5.74) is 0. The Balaban J connectivity index is 2.71. The Morgan fingerprint density at radius 3 is 2.90 bits per heavy atom. The van der Waals surface area contributed by atoms with Crippen LogP contribution in [0.5, 0.6) is 0 Å². The van der Waals surface area contributed by atoms with Gasteiger partial charge in [-0.2, -0.15) is 0 Å². The largest absolute Gasteiger partial charge is 0.325 e.